The molecule has 0 aromatic heterocycles. The lowest BCUT2D eigenvalue weighted by Crippen LogP contribution is -2.64. The van der Waals surface area contributed by atoms with Gasteiger partial charge in [-0.1, -0.05) is 58.3 Å². The van der Waals surface area contributed by atoms with Crippen molar-refractivity contribution < 1.29 is 35.1 Å². The fourth-order valence-electron chi connectivity index (χ4n) is 3.57. The summed E-state index contributed by atoms with van der Waals surface area (Å²) < 4.78 is 5.44. The third kappa shape index (κ3) is 7.93. The van der Waals surface area contributed by atoms with Crippen LogP contribution in [0, 0.1) is 0 Å². The molecule has 0 bridgehead atoms. The molecule has 0 spiro atoms. The topological polar surface area (TPSA) is 131 Å². The standard InChI is InChI=1S/C20H39NO7/c1-2-3-4-5-6-7-8-9-10-11-16(24)21(12-13-22)20-19(27)18(26)17(25)15(14-23)28-20/h15,17-20,22-23,25-27H,2-14H2,1H3/t15-,17-,18+,19-,20-/m1/s1. The van der Waals surface area contributed by atoms with E-state index in [1.54, 1.807) is 0 Å². The first-order chi connectivity index (χ1) is 13.5. The number of ether oxygens (including phenoxy) is 1. The van der Waals surface area contributed by atoms with Crippen LogP contribution < -0.4 is 0 Å². The molecule has 166 valence electrons. The molecule has 0 aliphatic carbocycles. The Morgan fingerprint density at radius 1 is 0.857 bits per heavy atom. The second-order valence-corrected chi connectivity index (χ2v) is 7.61. The molecule has 8 heteroatoms. The van der Waals surface area contributed by atoms with Crippen LogP contribution in [0.15, 0.2) is 0 Å². The minimum absolute atomic E-state index is 0.0566. The number of unbranched alkanes of at least 4 members (excludes halogenated alkanes) is 8. The van der Waals surface area contributed by atoms with Gasteiger partial charge in [-0.3, -0.25) is 4.79 Å². The van der Waals surface area contributed by atoms with Gasteiger partial charge in [-0.25, -0.2) is 0 Å². The Morgan fingerprint density at radius 2 is 1.43 bits per heavy atom. The number of carbonyl (C=O) groups is 1. The van der Waals surface area contributed by atoms with Crippen LogP contribution in [-0.4, -0.2) is 86.7 Å². The van der Waals surface area contributed by atoms with E-state index in [0.717, 1.165) is 19.3 Å². The maximum atomic E-state index is 12.6. The quantitative estimate of drug-likeness (QED) is 0.266. The number of aliphatic hydroxyl groups excluding tert-OH is 5. The lowest BCUT2D eigenvalue weighted by molar-refractivity contribution is -0.263. The first kappa shape index (κ1) is 25.3. The van der Waals surface area contributed by atoms with Gasteiger partial charge in [0.05, 0.1) is 13.2 Å². The smallest absolute Gasteiger partial charge is 0.224 e. The van der Waals surface area contributed by atoms with Gasteiger partial charge in [-0.05, 0) is 6.42 Å². The zero-order valence-electron chi connectivity index (χ0n) is 17.1. The van der Waals surface area contributed by atoms with Gasteiger partial charge in [-0.15, -0.1) is 0 Å². The average molecular weight is 406 g/mol. The molecule has 5 atom stereocenters. The van der Waals surface area contributed by atoms with Crippen molar-refractivity contribution >= 4 is 5.91 Å². The zero-order chi connectivity index (χ0) is 20.9. The van der Waals surface area contributed by atoms with E-state index in [0.29, 0.717) is 6.42 Å². The summed E-state index contributed by atoms with van der Waals surface area (Å²) >= 11 is 0. The number of nitrogens with zero attached hydrogens (tertiary/aromatic N) is 1. The van der Waals surface area contributed by atoms with Gasteiger partial charge in [0.25, 0.3) is 0 Å². The Morgan fingerprint density at radius 3 is 1.96 bits per heavy atom. The van der Waals surface area contributed by atoms with E-state index in [1.165, 1.54) is 37.0 Å². The molecule has 28 heavy (non-hydrogen) atoms. The molecular weight excluding hydrogens is 366 g/mol. The van der Waals surface area contributed by atoms with Gasteiger partial charge in [0.2, 0.25) is 5.91 Å². The largest absolute Gasteiger partial charge is 0.395 e. The molecule has 1 heterocycles. The fourth-order valence-corrected chi connectivity index (χ4v) is 3.57. The average Bonchev–Trinajstić information content (AvgIpc) is 2.69. The van der Waals surface area contributed by atoms with E-state index in [-0.39, 0.29) is 25.5 Å². The van der Waals surface area contributed by atoms with Crippen molar-refractivity contribution in [3.05, 3.63) is 0 Å². The molecular formula is C20H39NO7. The SMILES string of the molecule is CCCCCCCCCCCC(=O)N(CCO)[C@@H]1O[C@H](CO)[C@@H](O)[C@H](O)[C@H]1O. The Labute approximate surface area is 168 Å². The van der Waals surface area contributed by atoms with Crippen molar-refractivity contribution in [1.29, 1.82) is 0 Å². The van der Waals surface area contributed by atoms with Crippen molar-refractivity contribution in [2.75, 3.05) is 19.8 Å². The van der Waals surface area contributed by atoms with Gasteiger partial charge in [-0.2, -0.15) is 0 Å². The van der Waals surface area contributed by atoms with Crippen molar-refractivity contribution in [1.82, 2.24) is 4.90 Å². The number of hydrogen-bond acceptors (Lipinski definition) is 7. The summed E-state index contributed by atoms with van der Waals surface area (Å²) in [6.07, 6.45) is 3.57. The summed E-state index contributed by atoms with van der Waals surface area (Å²) in [7, 11) is 0. The molecule has 1 saturated heterocycles. The normalized spacial score (nSPS) is 27.7. The van der Waals surface area contributed by atoms with E-state index in [1.807, 2.05) is 0 Å². The first-order valence-corrected chi connectivity index (χ1v) is 10.7. The highest BCUT2D eigenvalue weighted by atomic mass is 16.6. The van der Waals surface area contributed by atoms with Crippen LogP contribution in [-0.2, 0) is 9.53 Å². The lowest BCUT2D eigenvalue weighted by atomic mass is 9.97. The summed E-state index contributed by atoms with van der Waals surface area (Å²) in [5.41, 5.74) is 0. The molecule has 1 aliphatic heterocycles. The molecule has 1 rings (SSSR count). The predicted octanol–water partition coefficient (Wildman–Crippen LogP) is 0.528. The minimum atomic E-state index is -1.54. The van der Waals surface area contributed by atoms with E-state index < -0.39 is 37.3 Å². The van der Waals surface area contributed by atoms with Crippen LogP contribution in [0.4, 0.5) is 0 Å². The maximum absolute atomic E-state index is 12.6. The Bertz CT molecular complexity index is 421. The van der Waals surface area contributed by atoms with Crippen LogP contribution >= 0.6 is 0 Å². The van der Waals surface area contributed by atoms with Crippen molar-refractivity contribution in [3.8, 4) is 0 Å². The fraction of sp³-hybridized carbons (Fsp3) is 0.950. The number of aliphatic hydroxyl groups is 5. The van der Waals surface area contributed by atoms with E-state index in [9.17, 15) is 30.3 Å². The predicted molar refractivity (Wildman–Crippen MR) is 104 cm³/mol. The molecule has 0 saturated carbocycles. The second-order valence-electron chi connectivity index (χ2n) is 7.61. The van der Waals surface area contributed by atoms with Gasteiger partial charge in [0, 0.05) is 13.0 Å². The highest BCUT2D eigenvalue weighted by Crippen LogP contribution is 2.24. The monoisotopic (exact) mass is 405 g/mol. The summed E-state index contributed by atoms with van der Waals surface area (Å²) in [5.74, 6) is -0.290. The van der Waals surface area contributed by atoms with Gasteiger partial charge in [0.15, 0.2) is 6.23 Å². The van der Waals surface area contributed by atoms with Crippen molar-refractivity contribution in [2.45, 2.75) is 102 Å². The molecule has 1 amide bonds. The molecule has 0 aromatic rings. The molecule has 5 N–H and O–H groups in total. The number of rotatable bonds is 14. The maximum Gasteiger partial charge on any atom is 0.224 e. The Balaban J connectivity index is 2.44. The molecule has 0 unspecified atom stereocenters. The molecule has 8 nitrogen and oxygen atoms in total. The molecule has 1 fully saturated rings. The van der Waals surface area contributed by atoms with E-state index >= 15 is 0 Å². The zero-order valence-corrected chi connectivity index (χ0v) is 17.1. The van der Waals surface area contributed by atoms with Crippen LogP contribution in [0.2, 0.25) is 0 Å². The molecule has 1 aliphatic rings. The number of hydrogen-bond donors (Lipinski definition) is 5. The third-order valence-corrected chi connectivity index (χ3v) is 5.33. The summed E-state index contributed by atoms with van der Waals surface area (Å²) in [6.45, 7) is 1.26. The Kier molecular flexibility index (Phi) is 12.9. The summed E-state index contributed by atoms with van der Waals surface area (Å²) in [4.78, 5) is 13.8. The van der Waals surface area contributed by atoms with Gasteiger partial charge < -0.3 is 35.2 Å². The summed E-state index contributed by atoms with van der Waals surface area (Å²) in [6, 6.07) is 0. The minimum Gasteiger partial charge on any atom is -0.395 e. The highest BCUT2D eigenvalue weighted by Gasteiger charge is 2.46. The van der Waals surface area contributed by atoms with E-state index in [4.69, 9.17) is 4.74 Å². The first-order valence-electron chi connectivity index (χ1n) is 10.7. The molecule has 0 aromatic carbocycles. The van der Waals surface area contributed by atoms with Crippen molar-refractivity contribution in [2.24, 2.45) is 0 Å². The Hall–Kier alpha value is -0.770. The second kappa shape index (κ2) is 14.3. The van der Waals surface area contributed by atoms with Gasteiger partial charge in [0.1, 0.15) is 24.4 Å². The number of amides is 1. The number of carbonyl (C=O) groups excluding carboxylic acids is 1. The van der Waals surface area contributed by atoms with Gasteiger partial charge >= 0.3 is 0 Å². The lowest BCUT2D eigenvalue weighted by Gasteiger charge is -2.44. The van der Waals surface area contributed by atoms with E-state index in [2.05, 4.69) is 6.92 Å². The van der Waals surface area contributed by atoms with Crippen LogP contribution in [0.3, 0.4) is 0 Å². The third-order valence-electron chi connectivity index (χ3n) is 5.33. The highest BCUT2D eigenvalue weighted by molar-refractivity contribution is 5.76. The molecule has 0 radical (unpaired) electrons. The summed E-state index contributed by atoms with van der Waals surface area (Å²) in [5, 5.41) is 48.6. The van der Waals surface area contributed by atoms with Crippen LogP contribution in [0.25, 0.3) is 0 Å². The van der Waals surface area contributed by atoms with Crippen LogP contribution in [0.5, 0.6) is 0 Å². The van der Waals surface area contributed by atoms with Crippen LogP contribution in [0.1, 0.15) is 71.1 Å². The van der Waals surface area contributed by atoms with Crippen molar-refractivity contribution in [3.63, 3.8) is 0 Å².